The van der Waals surface area contributed by atoms with Gasteiger partial charge >= 0.3 is 0 Å². The molecule has 2 aromatic heterocycles. The maximum Gasteiger partial charge on any atom is 0.251 e. The molecule has 0 aliphatic rings. The van der Waals surface area contributed by atoms with E-state index in [4.69, 9.17) is 23.2 Å². The molecule has 0 aliphatic carbocycles. The number of halogens is 2. The first-order valence-corrected chi connectivity index (χ1v) is 14.9. The average molecular weight is 604 g/mol. The zero-order valence-electron chi connectivity index (χ0n) is 21.9. The quantitative estimate of drug-likeness (QED) is 0.191. The zero-order valence-corrected chi connectivity index (χ0v) is 25.0. The van der Waals surface area contributed by atoms with Crippen molar-refractivity contribution in [2.75, 3.05) is 11.1 Å². The molecule has 0 radical (unpaired) electrons. The molecular formula is C27H28Cl2N6O2S2. The number of hydrogen-bond acceptors (Lipinski definition) is 7. The minimum Gasteiger partial charge on any atom is -0.342 e. The lowest BCUT2D eigenvalue weighted by Crippen LogP contribution is -2.33. The van der Waals surface area contributed by atoms with Crippen molar-refractivity contribution >= 4 is 63.2 Å². The van der Waals surface area contributed by atoms with E-state index in [1.165, 1.54) is 34.7 Å². The van der Waals surface area contributed by atoms with Gasteiger partial charge in [-0.05, 0) is 38.0 Å². The number of nitrogens with zero attached hydrogens (tertiary/aromatic N) is 4. The molecule has 12 heteroatoms. The van der Waals surface area contributed by atoms with E-state index in [2.05, 4.69) is 25.8 Å². The minimum absolute atomic E-state index is 0.0278. The molecule has 4 aromatic rings. The third-order valence-electron chi connectivity index (χ3n) is 5.91. The highest BCUT2D eigenvalue weighted by atomic mass is 35.5. The van der Waals surface area contributed by atoms with Gasteiger partial charge in [-0.2, -0.15) is 0 Å². The minimum atomic E-state index is -0.405. The molecule has 0 fully saturated rings. The number of nitrogens with one attached hydrogen (secondary N) is 2. The fraction of sp³-hybridized carbons (Fsp3) is 0.296. The Labute approximate surface area is 245 Å². The number of carbonyl (C=O) groups excluding carboxylic acids is 2. The number of rotatable bonds is 10. The first-order chi connectivity index (χ1) is 18.7. The molecule has 0 unspecified atom stereocenters. The van der Waals surface area contributed by atoms with Gasteiger partial charge in [0, 0.05) is 23.1 Å². The fourth-order valence-corrected chi connectivity index (χ4v) is 5.64. The maximum absolute atomic E-state index is 13.0. The summed E-state index contributed by atoms with van der Waals surface area (Å²) in [4.78, 5) is 30.2. The predicted molar refractivity (Wildman–Crippen MR) is 159 cm³/mol. The number of anilines is 1. The van der Waals surface area contributed by atoms with Crippen LogP contribution in [-0.4, -0.2) is 37.3 Å². The van der Waals surface area contributed by atoms with E-state index >= 15 is 0 Å². The van der Waals surface area contributed by atoms with Crippen molar-refractivity contribution in [1.82, 2.24) is 25.1 Å². The molecule has 2 amide bonds. The van der Waals surface area contributed by atoms with Crippen LogP contribution in [0.4, 0.5) is 5.13 Å². The van der Waals surface area contributed by atoms with Gasteiger partial charge in [-0.3, -0.25) is 9.59 Å². The van der Waals surface area contributed by atoms with Gasteiger partial charge in [0.15, 0.2) is 16.1 Å². The van der Waals surface area contributed by atoms with Crippen molar-refractivity contribution in [2.45, 2.75) is 45.4 Å². The normalized spacial score (nSPS) is 12.0. The number of amides is 2. The fourth-order valence-electron chi connectivity index (χ4n) is 3.80. The number of hydrogen-bond donors (Lipinski definition) is 2. The second-order valence-electron chi connectivity index (χ2n) is 9.15. The van der Waals surface area contributed by atoms with Crippen LogP contribution in [0.2, 0.25) is 10.0 Å². The van der Waals surface area contributed by atoms with Crippen molar-refractivity contribution in [1.29, 1.82) is 0 Å². The lowest BCUT2D eigenvalue weighted by molar-refractivity contribution is -0.113. The van der Waals surface area contributed by atoms with Gasteiger partial charge in [-0.1, -0.05) is 78.6 Å². The van der Waals surface area contributed by atoms with Crippen molar-refractivity contribution in [3.8, 4) is 11.3 Å². The highest BCUT2D eigenvalue weighted by molar-refractivity contribution is 7.99. The standard InChI is InChI=1S/C27H28Cl2N6O2S2/c1-5-35-24(23(15(2)3)32-25(37)18-10-11-19(28)20(29)12-18)33-34-27(35)39-14-22(36)31-26-30-21(13-38-26)17-8-6-16(4)7-9-17/h6-13,15,23H,5,14H2,1-4H3,(H,32,37)(H,30,31,36)/t23-/m1/s1. The molecule has 2 aromatic carbocycles. The molecule has 4 rings (SSSR count). The summed E-state index contributed by atoms with van der Waals surface area (Å²) in [6.07, 6.45) is 0. The molecule has 0 spiro atoms. The largest absolute Gasteiger partial charge is 0.342 e. The average Bonchev–Trinajstić information content (AvgIpc) is 3.54. The van der Waals surface area contributed by atoms with Gasteiger partial charge < -0.3 is 15.2 Å². The number of thioether (sulfide) groups is 1. The number of aryl methyl sites for hydroxylation is 1. The molecule has 2 N–H and O–H groups in total. The van der Waals surface area contributed by atoms with Crippen LogP contribution in [-0.2, 0) is 11.3 Å². The van der Waals surface area contributed by atoms with Gasteiger partial charge in [0.1, 0.15) is 0 Å². The van der Waals surface area contributed by atoms with Crippen molar-refractivity contribution < 1.29 is 9.59 Å². The van der Waals surface area contributed by atoms with E-state index in [-0.39, 0.29) is 23.5 Å². The summed E-state index contributed by atoms with van der Waals surface area (Å²) in [5.74, 6) is 0.302. The zero-order chi connectivity index (χ0) is 28.1. The predicted octanol–water partition coefficient (Wildman–Crippen LogP) is 6.89. The maximum atomic E-state index is 13.0. The van der Waals surface area contributed by atoms with E-state index in [1.807, 2.05) is 61.9 Å². The Morgan fingerprint density at radius 1 is 1.08 bits per heavy atom. The molecule has 0 saturated carbocycles. The summed E-state index contributed by atoms with van der Waals surface area (Å²) < 4.78 is 1.91. The van der Waals surface area contributed by atoms with E-state index < -0.39 is 6.04 Å². The molecule has 204 valence electrons. The molecule has 0 bridgehead atoms. The third-order valence-corrected chi connectivity index (χ3v) is 8.37. The Balaban J connectivity index is 1.41. The summed E-state index contributed by atoms with van der Waals surface area (Å²) >= 11 is 14.7. The molecule has 2 heterocycles. The van der Waals surface area contributed by atoms with Crippen LogP contribution in [0.15, 0.2) is 53.0 Å². The second-order valence-corrected chi connectivity index (χ2v) is 11.8. The lowest BCUT2D eigenvalue weighted by atomic mass is 10.0. The van der Waals surface area contributed by atoms with Crippen molar-refractivity contribution in [3.05, 3.63) is 74.8 Å². The first-order valence-electron chi connectivity index (χ1n) is 12.3. The number of benzene rings is 2. The highest BCUT2D eigenvalue weighted by Gasteiger charge is 2.26. The molecule has 8 nitrogen and oxygen atoms in total. The summed E-state index contributed by atoms with van der Waals surface area (Å²) in [6, 6.07) is 12.4. The molecule has 39 heavy (non-hydrogen) atoms. The SMILES string of the molecule is CCn1c(SCC(=O)Nc2nc(-c3ccc(C)cc3)cs2)nnc1[C@H](NC(=O)c1ccc(Cl)c(Cl)c1)C(C)C. The Hall–Kier alpha value is -2.92. The molecule has 0 saturated heterocycles. The van der Waals surface area contributed by atoms with Crippen LogP contribution in [0.3, 0.4) is 0 Å². The van der Waals surface area contributed by atoms with E-state index in [1.54, 1.807) is 12.1 Å². The third kappa shape index (κ3) is 7.19. The summed E-state index contributed by atoms with van der Waals surface area (Å²) in [6.45, 7) is 8.57. The van der Waals surface area contributed by atoms with E-state index in [0.29, 0.717) is 38.3 Å². The Morgan fingerprint density at radius 3 is 2.49 bits per heavy atom. The number of carbonyl (C=O) groups is 2. The van der Waals surface area contributed by atoms with Crippen LogP contribution in [0.5, 0.6) is 0 Å². The summed E-state index contributed by atoms with van der Waals surface area (Å²) in [5, 5.41) is 18.4. The Bertz CT molecular complexity index is 1470. The van der Waals surface area contributed by atoms with Gasteiger partial charge in [0.05, 0.1) is 27.5 Å². The monoisotopic (exact) mass is 602 g/mol. The van der Waals surface area contributed by atoms with E-state index in [0.717, 1.165) is 11.3 Å². The summed E-state index contributed by atoms with van der Waals surface area (Å²) in [5.41, 5.74) is 3.40. The highest BCUT2D eigenvalue weighted by Crippen LogP contribution is 2.28. The topological polar surface area (TPSA) is 102 Å². The van der Waals surface area contributed by atoms with Gasteiger partial charge in [0.2, 0.25) is 5.91 Å². The Kier molecular flexibility index (Phi) is 9.66. The Morgan fingerprint density at radius 2 is 1.82 bits per heavy atom. The lowest BCUT2D eigenvalue weighted by Gasteiger charge is -2.22. The number of thiazole rings is 1. The van der Waals surface area contributed by atoms with Crippen LogP contribution in [0.1, 0.15) is 48.6 Å². The summed E-state index contributed by atoms with van der Waals surface area (Å²) in [7, 11) is 0. The van der Waals surface area contributed by atoms with Gasteiger partial charge in [0.25, 0.3) is 5.91 Å². The molecule has 0 aliphatic heterocycles. The molecular weight excluding hydrogens is 575 g/mol. The van der Waals surface area contributed by atoms with E-state index in [9.17, 15) is 9.59 Å². The van der Waals surface area contributed by atoms with Crippen LogP contribution < -0.4 is 10.6 Å². The van der Waals surface area contributed by atoms with Crippen molar-refractivity contribution in [3.63, 3.8) is 0 Å². The van der Waals surface area contributed by atoms with Gasteiger partial charge in [-0.15, -0.1) is 21.5 Å². The van der Waals surface area contributed by atoms with Crippen molar-refractivity contribution in [2.24, 2.45) is 5.92 Å². The van der Waals surface area contributed by atoms with Crippen LogP contribution in [0.25, 0.3) is 11.3 Å². The second kappa shape index (κ2) is 13.0. The van der Waals surface area contributed by atoms with Crippen LogP contribution >= 0.6 is 46.3 Å². The van der Waals surface area contributed by atoms with Crippen LogP contribution in [0, 0.1) is 12.8 Å². The smallest absolute Gasteiger partial charge is 0.251 e. The first kappa shape index (κ1) is 29.1. The van der Waals surface area contributed by atoms with Gasteiger partial charge in [-0.25, -0.2) is 4.98 Å². The number of aromatic nitrogens is 4. The molecule has 1 atom stereocenters.